The minimum absolute atomic E-state index is 0.0976. The van der Waals surface area contributed by atoms with E-state index in [1.165, 1.54) is 0 Å². The van der Waals surface area contributed by atoms with E-state index < -0.39 is 12.1 Å². The van der Waals surface area contributed by atoms with Gasteiger partial charge in [0.1, 0.15) is 0 Å². The van der Waals surface area contributed by atoms with E-state index in [4.69, 9.17) is 5.10 Å². The molecule has 7 heteroatoms. The minimum atomic E-state index is -4.07. The first-order valence-corrected chi connectivity index (χ1v) is 9.97. The molecule has 1 saturated carbocycles. The monoisotopic (exact) mass is 380 g/mol. The Labute approximate surface area is 157 Å². The van der Waals surface area contributed by atoms with E-state index in [1.807, 2.05) is 17.5 Å². The lowest BCUT2D eigenvalue weighted by molar-refractivity contribution is -0.182. The molecule has 1 aliphatic heterocycles. The van der Waals surface area contributed by atoms with Crippen LogP contribution in [0.25, 0.3) is 5.65 Å². The second kappa shape index (κ2) is 7.08. The van der Waals surface area contributed by atoms with Gasteiger partial charge in [0, 0.05) is 30.1 Å². The largest absolute Gasteiger partial charge is 0.391 e. The van der Waals surface area contributed by atoms with E-state index >= 15 is 0 Å². The summed E-state index contributed by atoms with van der Waals surface area (Å²) in [5, 5.41) is 8.29. The second-order valence-corrected chi connectivity index (χ2v) is 8.33. The maximum absolute atomic E-state index is 12.9. The molecule has 0 spiro atoms. The van der Waals surface area contributed by atoms with Gasteiger partial charge in [-0.25, -0.2) is 9.50 Å². The molecule has 1 aliphatic carbocycles. The van der Waals surface area contributed by atoms with Gasteiger partial charge >= 0.3 is 6.18 Å². The van der Waals surface area contributed by atoms with Crippen molar-refractivity contribution in [1.29, 1.82) is 0 Å². The molecule has 0 radical (unpaired) electrons. The van der Waals surface area contributed by atoms with E-state index in [0.717, 1.165) is 42.2 Å². The lowest BCUT2D eigenvalue weighted by Crippen LogP contribution is -2.35. The number of rotatable bonds is 2. The number of hydrogen-bond donors (Lipinski definition) is 1. The molecule has 2 aliphatic rings. The van der Waals surface area contributed by atoms with Crippen LogP contribution in [0.5, 0.6) is 0 Å². The van der Waals surface area contributed by atoms with Crippen LogP contribution < -0.4 is 5.32 Å². The van der Waals surface area contributed by atoms with Crippen LogP contribution in [0, 0.1) is 18.8 Å². The standard InChI is InChI=1S/C20H27F3N4/c1-12-7-8-24-11-16(12)18-9-13(2)25-19-10-17(26-27(18)19)14-3-5-15(6-4-14)20(21,22)23/h9-10,12,14-16,24H,3-8,11H2,1-2H3. The lowest BCUT2D eigenvalue weighted by atomic mass is 9.80. The highest BCUT2D eigenvalue weighted by Crippen LogP contribution is 2.42. The van der Waals surface area contributed by atoms with Crippen molar-refractivity contribution in [3.8, 4) is 0 Å². The maximum Gasteiger partial charge on any atom is 0.391 e. The first-order valence-electron chi connectivity index (χ1n) is 9.97. The Bertz CT molecular complexity index is 805. The van der Waals surface area contributed by atoms with E-state index in [1.54, 1.807) is 0 Å². The van der Waals surface area contributed by atoms with Crippen LogP contribution in [0.15, 0.2) is 12.1 Å². The van der Waals surface area contributed by atoms with Gasteiger partial charge in [0.2, 0.25) is 0 Å². The second-order valence-electron chi connectivity index (χ2n) is 8.33. The van der Waals surface area contributed by atoms with Crippen LogP contribution in [0.1, 0.15) is 67.9 Å². The molecule has 0 aromatic carbocycles. The molecule has 2 aromatic rings. The van der Waals surface area contributed by atoms with Crippen molar-refractivity contribution in [2.75, 3.05) is 13.1 Å². The summed E-state index contributed by atoms with van der Waals surface area (Å²) in [6.07, 6.45) is -1.45. The van der Waals surface area contributed by atoms with Gasteiger partial charge in [-0.05, 0) is 57.6 Å². The first kappa shape index (κ1) is 18.7. The molecule has 27 heavy (non-hydrogen) atoms. The third-order valence-electron chi connectivity index (χ3n) is 6.42. The fraction of sp³-hybridized carbons (Fsp3) is 0.700. The number of fused-ring (bicyclic) bond motifs is 1. The summed E-state index contributed by atoms with van der Waals surface area (Å²) in [7, 11) is 0. The number of piperidine rings is 1. The van der Waals surface area contributed by atoms with Crippen molar-refractivity contribution < 1.29 is 13.2 Å². The number of nitrogens with one attached hydrogen (secondary N) is 1. The molecule has 0 amide bonds. The summed E-state index contributed by atoms with van der Waals surface area (Å²) < 4.78 is 40.8. The summed E-state index contributed by atoms with van der Waals surface area (Å²) in [6, 6.07) is 4.09. The summed E-state index contributed by atoms with van der Waals surface area (Å²) >= 11 is 0. The van der Waals surface area contributed by atoms with E-state index in [9.17, 15) is 13.2 Å². The Morgan fingerprint density at radius 1 is 1.11 bits per heavy atom. The molecule has 1 N–H and O–H groups in total. The van der Waals surface area contributed by atoms with Crippen molar-refractivity contribution in [3.05, 3.63) is 29.2 Å². The first-order chi connectivity index (χ1) is 12.8. The molecular weight excluding hydrogens is 353 g/mol. The van der Waals surface area contributed by atoms with Crippen LogP contribution in [0.4, 0.5) is 13.2 Å². The van der Waals surface area contributed by atoms with Gasteiger partial charge in [-0.1, -0.05) is 6.92 Å². The Hall–Kier alpha value is -1.63. The third kappa shape index (κ3) is 3.71. The minimum Gasteiger partial charge on any atom is -0.316 e. The Morgan fingerprint density at radius 3 is 2.52 bits per heavy atom. The maximum atomic E-state index is 12.9. The molecule has 1 saturated heterocycles. The number of hydrogen-bond acceptors (Lipinski definition) is 3. The Kier molecular flexibility index (Phi) is 4.91. The van der Waals surface area contributed by atoms with Crippen LogP contribution in [0.3, 0.4) is 0 Å². The number of alkyl halides is 3. The average Bonchev–Trinajstić information content (AvgIpc) is 3.05. The predicted octanol–water partition coefficient (Wildman–Crippen LogP) is 4.59. The van der Waals surface area contributed by atoms with Gasteiger partial charge in [0.05, 0.1) is 17.3 Å². The quantitative estimate of drug-likeness (QED) is 0.829. The van der Waals surface area contributed by atoms with Crippen LogP contribution in [-0.2, 0) is 0 Å². The summed E-state index contributed by atoms with van der Waals surface area (Å²) in [6.45, 7) is 6.23. The fourth-order valence-electron chi connectivity index (χ4n) is 4.71. The average molecular weight is 380 g/mol. The highest BCUT2D eigenvalue weighted by molar-refractivity contribution is 5.43. The molecule has 4 nitrogen and oxygen atoms in total. The molecule has 148 valence electrons. The number of aromatic nitrogens is 3. The number of aryl methyl sites for hydroxylation is 1. The van der Waals surface area contributed by atoms with Gasteiger partial charge in [-0.15, -0.1) is 0 Å². The summed E-state index contributed by atoms with van der Waals surface area (Å²) in [5.74, 6) is -0.126. The van der Waals surface area contributed by atoms with Gasteiger partial charge < -0.3 is 5.32 Å². The summed E-state index contributed by atoms with van der Waals surface area (Å²) in [4.78, 5) is 4.63. The van der Waals surface area contributed by atoms with Crippen LogP contribution >= 0.6 is 0 Å². The molecule has 2 unspecified atom stereocenters. The normalized spacial score (nSPS) is 30.0. The van der Waals surface area contributed by atoms with Crippen LogP contribution in [-0.4, -0.2) is 33.9 Å². The van der Waals surface area contributed by atoms with Gasteiger partial charge in [0.25, 0.3) is 0 Å². The fourth-order valence-corrected chi connectivity index (χ4v) is 4.71. The Morgan fingerprint density at radius 2 is 1.85 bits per heavy atom. The smallest absolute Gasteiger partial charge is 0.316 e. The zero-order valence-electron chi connectivity index (χ0n) is 15.9. The predicted molar refractivity (Wildman–Crippen MR) is 97.9 cm³/mol. The number of nitrogens with zero attached hydrogens (tertiary/aromatic N) is 3. The molecule has 2 atom stereocenters. The molecule has 4 rings (SSSR count). The molecule has 2 aromatic heterocycles. The highest BCUT2D eigenvalue weighted by atomic mass is 19.4. The van der Waals surface area contributed by atoms with Crippen molar-refractivity contribution in [2.45, 2.75) is 64.0 Å². The zero-order chi connectivity index (χ0) is 19.2. The molecular formula is C20H27F3N4. The van der Waals surface area contributed by atoms with E-state index in [-0.39, 0.29) is 18.8 Å². The molecule has 0 bridgehead atoms. The highest BCUT2D eigenvalue weighted by Gasteiger charge is 2.42. The zero-order valence-corrected chi connectivity index (χ0v) is 15.9. The van der Waals surface area contributed by atoms with Crippen molar-refractivity contribution in [2.24, 2.45) is 11.8 Å². The SMILES string of the molecule is Cc1cc(C2CNCCC2C)n2nc(C3CCC(C(F)(F)F)CC3)cc2n1. The van der Waals surface area contributed by atoms with E-state index in [2.05, 4.69) is 23.3 Å². The Balaban J connectivity index is 1.62. The van der Waals surface area contributed by atoms with Gasteiger partial charge in [0.15, 0.2) is 5.65 Å². The van der Waals surface area contributed by atoms with Gasteiger partial charge in [-0.2, -0.15) is 18.3 Å². The molecule has 2 fully saturated rings. The molecule has 3 heterocycles. The summed E-state index contributed by atoms with van der Waals surface area (Å²) in [5.41, 5.74) is 3.83. The van der Waals surface area contributed by atoms with Crippen LogP contribution in [0.2, 0.25) is 0 Å². The topological polar surface area (TPSA) is 42.2 Å². The van der Waals surface area contributed by atoms with E-state index in [0.29, 0.717) is 24.7 Å². The van der Waals surface area contributed by atoms with Crippen molar-refractivity contribution in [1.82, 2.24) is 19.9 Å². The third-order valence-corrected chi connectivity index (χ3v) is 6.42. The lowest BCUT2D eigenvalue weighted by Gasteiger charge is -2.30. The van der Waals surface area contributed by atoms with Crippen molar-refractivity contribution >= 4 is 5.65 Å². The van der Waals surface area contributed by atoms with Crippen molar-refractivity contribution in [3.63, 3.8) is 0 Å². The number of halogens is 3. The van der Waals surface area contributed by atoms with Gasteiger partial charge in [-0.3, -0.25) is 0 Å².